The molecule has 4 rings (SSSR count). The molecule has 3 heterocycles. The lowest BCUT2D eigenvalue weighted by Crippen LogP contribution is -1.84. The van der Waals surface area contributed by atoms with E-state index in [1.54, 1.807) is 12.3 Å². The molecule has 0 fully saturated rings. The van der Waals surface area contributed by atoms with Gasteiger partial charge in [-0.05, 0) is 42.7 Å². The summed E-state index contributed by atoms with van der Waals surface area (Å²) in [4.78, 5) is 8.55. The second-order valence-electron chi connectivity index (χ2n) is 4.57. The Kier molecular flexibility index (Phi) is 1.77. The zero-order valence-corrected chi connectivity index (χ0v) is 10.5. The molecular formula is C17H12N2O. The molecule has 0 radical (unpaired) electrons. The molecule has 3 heteroatoms. The molecule has 0 saturated carbocycles. The normalized spacial score (nSPS) is 14.1. The molecule has 0 aliphatic rings. The third kappa shape index (κ3) is 1.60. The molecule has 0 saturated heterocycles. The minimum absolute atomic E-state index is 0.258. The first-order chi connectivity index (χ1) is 11.0. The lowest BCUT2D eigenvalue weighted by Gasteiger charge is -2.02. The van der Waals surface area contributed by atoms with Gasteiger partial charge in [-0.15, -0.1) is 0 Å². The van der Waals surface area contributed by atoms with Crippen LogP contribution in [-0.2, 0) is 0 Å². The third-order valence-electron chi connectivity index (χ3n) is 3.31. The van der Waals surface area contributed by atoms with Crippen molar-refractivity contribution in [3.63, 3.8) is 0 Å². The van der Waals surface area contributed by atoms with Gasteiger partial charge in [0, 0.05) is 32.8 Å². The Morgan fingerprint density at radius 1 is 1.00 bits per heavy atom. The van der Waals surface area contributed by atoms with Crippen molar-refractivity contribution in [2.24, 2.45) is 0 Å². The van der Waals surface area contributed by atoms with E-state index in [-0.39, 0.29) is 5.56 Å². The van der Waals surface area contributed by atoms with Crippen LogP contribution < -0.4 is 0 Å². The highest BCUT2D eigenvalue weighted by Gasteiger charge is 2.12. The minimum atomic E-state index is -2.17. The van der Waals surface area contributed by atoms with Crippen LogP contribution >= 0.6 is 0 Å². The lowest BCUT2D eigenvalue weighted by atomic mass is 10.1. The molecule has 0 aliphatic carbocycles. The van der Waals surface area contributed by atoms with Gasteiger partial charge in [-0.1, -0.05) is 12.1 Å². The molecule has 20 heavy (non-hydrogen) atoms. The van der Waals surface area contributed by atoms with Gasteiger partial charge in [-0.25, -0.2) is 4.98 Å². The van der Waals surface area contributed by atoms with Crippen LogP contribution in [0.25, 0.3) is 33.3 Å². The molecule has 0 atom stereocenters. The number of aromatic nitrogens is 2. The summed E-state index contributed by atoms with van der Waals surface area (Å²) in [6, 6.07) is 12.6. The minimum Gasteiger partial charge on any atom is -0.437 e. The van der Waals surface area contributed by atoms with Gasteiger partial charge >= 0.3 is 0 Å². The molecule has 96 valence electrons. The number of para-hydroxylation sites is 1. The SMILES string of the molecule is [2H]C([2H])([2H])c1ccnc(-c2cccc3c2oc2ncccc23)c1. The summed E-state index contributed by atoms with van der Waals surface area (Å²) < 4.78 is 28.5. The van der Waals surface area contributed by atoms with Crippen molar-refractivity contribution in [2.45, 2.75) is 6.85 Å². The molecule has 0 N–H and O–H groups in total. The van der Waals surface area contributed by atoms with E-state index in [0.29, 0.717) is 17.0 Å². The molecule has 3 aromatic heterocycles. The summed E-state index contributed by atoms with van der Waals surface area (Å²) in [6.07, 6.45) is 3.19. The van der Waals surface area contributed by atoms with E-state index in [4.69, 9.17) is 8.53 Å². The third-order valence-corrected chi connectivity index (χ3v) is 3.31. The van der Waals surface area contributed by atoms with E-state index in [1.807, 2.05) is 30.3 Å². The number of hydrogen-bond acceptors (Lipinski definition) is 3. The Morgan fingerprint density at radius 2 is 1.95 bits per heavy atom. The molecule has 0 spiro atoms. The van der Waals surface area contributed by atoms with Crippen molar-refractivity contribution in [1.29, 1.82) is 0 Å². The zero-order chi connectivity index (χ0) is 16.0. The average Bonchev–Trinajstić information content (AvgIpc) is 2.93. The van der Waals surface area contributed by atoms with Crippen molar-refractivity contribution in [2.75, 3.05) is 0 Å². The van der Waals surface area contributed by atoms with Crippen molar-refractivity contribution >= 4 is 22.1 Å². The summed E-state index contributed by atoms with van der Waals surface area (Å²) in [6.45, 7) is -2.17. The largest absolute Gasteiger partial charge is 0.437 e. The van der Waals surface area contributed by atoms with E-state index in [2.05, 4.69) is 9.97 Å². The summed E-state index contributed by atoms with van der Waals surface area (Å²) in [7, 11) is 0. The lowest BCUT2D eigenvalue weighted by molar-refractivity contribution is 0.655. The smallest absolute Gasteiger partial charge is 0.227 e. The van der Waals surface area contributed by atoms with Gasteiger partial charge in [0.05, 0.1) is 5.69 Å². The van der Waals surface area contributed by atoms with E-state index >= 15 is 0 Å². The second kappa shape index (κ2) is 4.17. The van der Waals surface area contributed by atoms with Gasteiger partial charge in [-0.3, -0.25) is 4.98 Å². The summed E-state index contributed by atoms with van der Waals surface area (Å²) in [5.41, 5.74) is 2.81. The van der Waals surface area contributed by atoms with Crippen molar-refractivity contribution in [1.82, 2.24) is 9.97 Å². The van der Waals surface area contributed by atoms with E-state index < -0.39 is 6.85 Å². The van der Waals surface area contributed by atoms with Crippen LogP contribution in [0.15, 0.2) is 59.3 Å². The summed E-state index contributed by atoms with van der Waals surface area (Å²) in [5, 5.41) is 1.86. The first-order valence-electron chi connectivity index (χ1n) is 7.77. The Hall–Kier alpha value is -2.68. The first-order valence-corrected chi connectivity index (χ1v) is 6.27. The molecule has 0 unspecified atom stereocenters. The van der Waals surface area contributed by atoms with Crippen LogP contribution in [0.2, 0.25) is 0 Å². The van der Waals surface area contributed by atoms with Crippen LogP contribution in [0.5, 0.6) is 0 Å². The van der Waals surface area contributed by atoms with Crippen molar-refractivity contribution in [3.05, 3.63) is 60.4 Å². The van der Waals surface area contributed by atoms with Gasteiger partial charge in [0.2, 0.25) is 5.71 Å². The van der Waals surface area contributed by atoms with Crippen LogP contribution in [0.3, 0.4) is 0 Å². The molecule has 0 amide bonds. The molecule has 0 aliphatic heterocycles. The van der Waals surface area contributed by atoms with E-state index in [9.17, 15) is 0 Å². The predicted molar refractivity (Wildman–Crippen MR) is 79.5 cm³/mol. The fourth-order valence-corrected chi connectivity index (χ4v) is 2.41. The second-order valence-corrected chi connectivity index (χ2v) is 4.57. The van der Waals surface area contributed by atoms with Gasteiger partial charge in [0.25, 0.3) is 0 Å². The topological polar surface area (TPSA) is 38.9 Å². The van der Waals surface area contributed by atoms with Gasteiger partial charge in [0.15, 0.2) is 0 Å². The van der Waals surface area contributed by atoms with Crippen molar-refractivity contribution in [3.8, 4) is 11.3 Å². The highest BCUT2D eigenvalue weighted by molar-refractivity contribution is 6.08. The monoisotopic (exact) mass is 263 g/mol. The Bertz CT molecular complexity index is 1020. The number of hydrogen-bond donors (Lipinski definition) is 0. The van der Waals surface area contributed by atoms with Crippen LogP contribution in [-0.4, -0.2) is 9.97 Å². The molecular weight excluding hydrogens is 248 g/mol. The average molecular weight is 263 g/mol. The molecule has 0 bridgehead atoms. The first kappa shape index (κ1) is 8.48. The fourth-order valence-electron chi connectivity index (χ4n) is 2.41. The standard InChI is InChI=1S/C17H12N2O/c1-11-7-9-18-15(10-11)14-5-2-4-12-13-6-3-8-19-17(13)20-16(12)14/h2-10H,1H3/i1D3. The van der Waals surface area contributed by atoms with E-state index in [1.165, 1.54) is 12.3 Å². The zero-order valence-electron chi connectivity index (χ0n) is 13.5. The number of furan rings is 1. The van der Waals surface area contributed by atoms with Crippen LogP contribution in [0, 0.1) is 6.85 Å². The van der Waals surface area contributed by atoms with Gasteiger partial charge in [0.1, 0.15) is 5.58 Å². The maximum Gasteiger partial charge on any atom is 0.227 e. The van der Waals surface area contributed by atoms with Gasteiger partial charge in [-0.2, -0.15) is 0 Å². The molecule has 4 aromatic rings. The number of aryl methyl sites for hydroxylation is 1. The fraction of sp³-hybridized carbons (Fsp3) is 0.0588. The Morgan fingerprint density at radius 3 is 2.90 bits per heavy atom. The number of rotatable bonds is 1. The summed E-state index contributed by atoms with van der Waals surface area (Å²) >= 11 is 0. The predicted octanol–water partition coefficient (Wildman–Crippen LogP) is 4.35. The highest BCUT2D eigenvalue weighted by atomic mass is 16.3. The maximum atomic E-state index is 7.55. The highest BCUT2D eigenvalue weighted by Crippen LogP contribution is 2.34. The quantitative estimate of drug-likeness (QED) is 0.512. The molecule has 1 aromatic carbocycles. The van der Waals surface area contributed by atoms with Gasteiger partial charge < -0.3 is 4.42 Å². The number of pyridine rings is 2. The van der Waals surface area contributed by atoms with E-state index in [0.717, 1.165) is 16.3 Å². The Balaban J connectivity index is 1.99. The number of nitrogens with zero attached hydrogens (tertiary/aromatic N) is 2. The maximum absolute atomic E-state index is 7.55. The molecule has 3 nitrogen and oxygen atoms in total. The van der Waals surface area contributed by atoms with Crippen LogP contribution in [0.1, 0.15) is 9.68 Å². The van der Waals surface area contributed by atoms with Crippen molar-refractivity contribution < 1.29 is 8.53 Å². The summed E-state index contributed by atoms with van der Waals surface area (Å²) in [5.74, 6) is 0. The number of benzene rings is 1. The Labute approximate surface area is 120 Å². The number of fused-ring (bicyclic) bond motifs is 3. The van der Waals surface area contributed by atoms with Crippen LogP contribution in [0.4, 0.5) is 0 Å².